The molecule has 1 aliphatic heterocycles. The van der Waals surface area contributed by atoms with E-state index in [1.165, 1.54) is 31.5 Å². The molecule has 2 aromatic carbocycles. The van der Waals surface area contributed by atoms with Crippen molar-refractivity contribution in [2.24, 2.45) is 5.92 Å². The highest BCUT2D eigenvalue weighted by Gasteiger charge is 2.15. The van der Waals surface area contributed by atoms with Gasteiger partial charge in [-0.1, -0.05) is 45.7 Å². The second-order valence-corrected chi connectivity index (χ2v) is 7.38. The fraction of sp³-hybridized carbons (Fsp3) is 0.368. The van der Waals surface area contributed by atoms with Crippen LogP contribution in [0, 0.1) is 5.92 Å². The van der Waals surface area contributed by atoms with Crippen LogP contribution in [0.25, 0.3) is 0 Å². The Morgan fingerprint density at radius 1 is 1.13 bits per heavy atom. The van der Waals surface area contributed by atoms with Crippen molar-refractivity contribution in [3.8, 4) is 5.75 Å². The molecule has 0 aromatic heterocycles. The van der Waals surface area contributed by atoms with Crippen LogP contribution < -0.4 is 10.1 Å². The Kier molecular flexibility index (Phi) is 5.98. The van der Waals surface area contributed by atoms with E-state index in [1.54, 1.807) is 0 Å². The van der Waals surface area contributed by atoms with Crippen molar-refractivity contribution >= 4 is 27.5 Å². The fourth-order valence-corrected chi connectivity index (χ4v) is 3.50. The molecule has 0 spiro atoms. The molecule has 23 heavy (non-hydrogen) atoms. The number of rotatable bonds is 7. The molecule has 0 radical (unpaired) electrons. The van der Waals surface area contributed by atoms with E-state index in [1.807, 2.05) is 18.2 Å². The van der Waals surface area contributed by atoms with Gasteiger partial charge in [0.25, 0.3) is 0 Å². The van der Waals surface area contributed by atoms with Crippen LogP contribution in [-0.2, 0) is 13.0 Å². The summed E-state index contributed by atoms with van der Waals surface area (Å²) in [6, 6.07) is 14.2. The zero-order valence-electron chi connectivity index (χ0n) is 13.0. The van der Waals surface area contributed by atoms with Crippen LogP contribution in [0.15, 0.2) is 46.9 Å². The monoisotopic (exact) mass is 393 g/mol. The van der Waals surface area contributed by atoms with Gasteiger partial charge in [0.05, 0.1) is 0 Å². The van der Waals surface area contributed by atoms with E-state index in [9.17, 15) is 0 Å². The maximum Gasteiger partial charge on any atom is 0.119 e. The second-order valence-electron chi connectivity index (χ2n) is 6.08. The Hall–Kier alpha value is -1.03. The van der Waals surface area contributed by atoms with E-state index in [0.717, 1.165) is 33.1 Å². The first-order valence-electron chi connectivity index (χ1n) is 8.07. The molecule has 0 atom stereocenters. The summed E-state index contributed by atoms with van der Waals surface area (Å²) in [4.78, 5) is 0. The smallest absolute Gasteiger partial charge is 0.119 e. The SMILES string of the molecule is Clc1ccc(COc2ccc(CCCC3CNC3)cc2)c(Br)c1. The average Bonchev–Trinajstić information content (AvgIpc) is 2.50. The van der Waals surface area contributed by atoms with E-state index >= 15 is 0 Å². The van der Waals surface area contributed by atoms with E-state index in [0.29, 0.717) is 6.61 Å². The minimum atomic E-state index is 0.534. The highest BCUT2D eigenvalue weighted by Crippen LogP contribution is 2.23. The summed E-state index contributed by atoms with van der Waals surface area (Å²) in [5.41, 5.74) is 2.48. The van der Waals surface area contributed by atoms with Crippen molar-refractivity contribution in [3.05, 3.63) is 63.1 Å². The molecule has 1 saturated heterocycles. The van der Waals surface area contributed by atoms with Crippen molar-refractivity contribution < 1.29 is 4.74 Å². The quantitative estimate of drug-likeness (QED) is 0.695. The Morgan fingerprint density at radius 2 is 1.91 bits per heavy atom. The van der Waals surface area contributed by atoms with Gasteiger partial charge >= 0.3 is 0 Å². The zero-order valence-corrected chi connectivity index (χ0v) is 15.4. The van der Waals surface area contributed by atoms with Gasteiger partial charge in [0.1, 0.15) is 12.4 Å². The Labute approximate surface area is 151 Å². The maximum absolute atomic E-state index is 5.95. The summed E-state index contributed by atoms with van der Waals surface area (Å²) in [5, 5.41) is 4.05. The standard InChI is InChI=1S/C19H21BrClNO/c20-19-10-17(21)7-6-16(19)13-23-18-8-4-14(5-9-18)2-1-3-15-11-22-12-15/h4-10,15,22H,1-3,11-13H2. The molecule has 0 amide bonds. The van der Waals surface area contributed by atoms with Gasteiger partial charge in [-0.2, -0.15) is 0 Å². The van der Waals surface area contributed by atoms with Gasteiger partial charge in [-0.3, -0.25) is 0 Å². The molecule has 122 valence electrons. The van der Waals surface area contributed by atoms with Crippen LogP contribution in [0.3, 0.4) is 0 Å². The molecule has 1 aliphatic rings. The summed E-state index contributed by atoms with van der Waals surface area (Å²) in [5.74, 6) is 1.80. The molecule has 0 saturated carbocycles. The van der Waals surface area contributed by atoms with Gasteiger partial charge in [-0.05, 0) is 68.1 Å². The molecule has 4 heteroatoms. The number of ether oxygens (including phenoxy) is 1. The third kappa shape index (κ3) is 4.97. The van der Waals surface area contributed by atoms with Crippen LogP contribution in [0.1, 0.15) is 24.0 Å². The van der Waals surface area contributed by atoms with E-state index < -0.39 is 0 Å². The molecule has 2 aromatic rings. The predicted molar refractivity (Wildman–Crippen MR) is 99.2 cm³/mol. The normalized spacial score (nSPS) is 14.5. The van der Waals surface area contributed by atoms with Crippen molar-refractivity contribution in [1.82, 2.24) is 5.32 Å². The summed E-state index contributed by atoms with van der Waals surface area (Å²) in [6.07, 6.45) is 3.75. The lowest BCUT2D eigenvalue weighted by atomic mass is 9.95. The first-order valence-corrected chi connectivity index (χ1v) is 9.24. The first kappa shape index (κ1) is 16.8. The summed E-state index contributed by atoms with van der Waals surface area (Å²) in [7, 11) is 0. The third-order valence-electron chi connectivity index (χ3n) is 4.28. The number of hydrogen-bond acceptors (Lipinski definition) is 2. The van der Waals surface area contributed by atoms with E-state index in [2.05, 4.69) is 45.5 Å². The number of hydrogen-bond donors (Lipinski definition) is 1. The molecular weight excluding hydrogens is 374 g/mol. The van der Waals surface area contributed by atoms with Crippen LogP contribution in [0.2, 0.25) is 5.02 Å². The maximum atomic E-state index is 5.95. The Balaban J connectivity index is 1.46. The minimum Gasteiger partial charge on any atom is -0.489 e. The van der Waals surface area contributed by atoms with Crippen LogP contribution in [-0.4, -0.2) is 13.1 Å². The third-order valence-corrected chi connectivity index (χ3v) is 5.25. The van der Waals surface area contributed by atoms with Gasteiger partial charge in [-0.15, -0.1) is 0 Å². The van der Waals surface area contributed by atoms with E-state index in [-0.39, 0.29) is 0 Å². The van der Waals surface area contributed by atoms with Gasteiger partial charge in [0, 0.05) is 15.1 Å². The van der Waals surface area contributed by atoms with Crippen molar-refractivity contribution in [2.75, 3.05) is 13.1 Å². The molecule has 0 bridgehead atoms. The summed E-state index contributed by atoms with van der Waals surface area (Å²) < 4.78 is 6.83. The van der Waals surface area contributed by atoms with Crippen molar-refractivity contribution in [2.45, 2.75) is 25.9 Å². The fourth-order valence-electron chi connectivity index (χ4n) is 2.70. The molecule has 1 fully saturated rings. The highest BCUT2D eigenvalue weighted by molar-refractivity contribution is 9.10. The zero-order chi connectivity index (χ0) is 16.1. The molecular formula is C19H21BrClNO. The Bertz CT molecular complexity index is 640. The summed E-state index contributed by atoms with van der Waals surface area (Å²) >= 11 is 9.47. The number of halogens is 2. The second kappa shape index (κ2) is 8.18. The molecule has 0 aliphatic carbocycles. The lowest BCUT2D eigenvalue weighted by Crippen LogP contribution is -2.41. The predicted octanol–water partition coefficient (Wildman–Crippen LogP) is 5.22. The molecule has 1 heterocycles. The van der Waals surface area contributed by atoms with Crippen LogP contribution in [0.4, 0.5) is 0 Å². The van der Waals surface area contributed by atoms with Crippen molar-refractivity contribution in [3.63, 3.8) is 0 Å². The first-order chi connectivity index (χ1) is 11.2. The number of nitrogens with one attached hydrogen (secondary N) is 1. The molecule has 1 N–H and O–H groups in total. The molecule has 2 nitrogen and oxygen atoms in total. The minimum absolute atomic E-state index is 0.534. The largest absolute Gasteiger partial charge is 0.489 e. The average molecular weight is 395 g/mol. The van der Waals surface area contributed by atoms with Crippen LogP contribution in [0.5, 0.6) is 5.75 Å². The van der Waals surface area contributed by atoms with Gasteiger partial charge in [-0.25, -0.2) is 0 Å². The number of aryl methyl sites for hydroxylation is 1. The topological polar surface area (TPSA) is 21.3 Å². The lowest BCUT2D eigenvalue weighted by molar-refractivity contribution is 0.305. The van der Waals surface area contributed by atoms with Gasteiger partial charge in [0.2, 0.25) is 0 Å². The number of benzene rings is 2. The Morgan fingerprint density at radius 3 is 2.57 bits per heavy atom. The van der Waals surface area contributed by atoms with Gasteiger partial charge in [0.15, 0.2) is 0 Å². The highest BCUT2D eigenvalue weighted by atomic mass is 79.9. The molecule has 3 rings (SSSR count). The van der Waals surface area contributed by atoms with Crippen LogP contribution >= 0.6 is 27.5 Å². The van der Waals surface area contributed by atoms with Gasteiger partial charge < -0.3 is 10.1 Å². The summed E-state index contributed by atoms with van der Waals surface area (Å²) in [6.45, 7) is 2.94. The molecule has 0 unspecified atom stereocenters. The van der Waals surface area contributed by atoms with E-state index in [4.69, 9.17) is 16.3 Å². The lowest BCUT2D eigenvalue weighted by Gasteiger charge is -2.26. The van der Waals surface area contributed by atoms with Crippen molar-refractivity contribution in [1.29, 1.82) is 0 Å².